The van der Waals surface area contributed by atoms with Crippen molar-refractivity contribution in [2.45, 2.75) is 5.25 Å². The molecule has 0 bridgehead atoms. The fourth-order valence-electron chi connectivity index (χ4n) is 1.70. The van der Waals surface area contributed by atoms with Gasteiger partial charge in [-0.3, -0.25) is 0 Å². The number of ether oxygens (including phenoxy) is 1. The summed E-state index contributed by atoms with van der Waals surface area (Å²) in [6.07, 6.45) is 0. The molecule has 0 fully saturated rings. The van der Waals surface area contributed by atoms with Crippen molar-refractivity contribution in [1.82, 2.24) is 0 Å². The molecule has 0 radical (unpaired) electrons. The maximum Gasteiger partial charge on any atom is 1.00 e. The fraction of sp³-hybridized carbons (Fsp3) is 0.154. The molecule has 9 heteroatoms. The zero-order chi connectivity index (χ0) is 15.7. The van der Waals surface area contributed by atoms with Crippen LogP contribution in [0.5, 0.6) is 0 Å². The van der Waals surface area contributed by atoms with Crippen LogP contribution in [0.25, 0.3) is 10.8 Å². The summed E-state index contributed by atoms with van der Waals surface area (Å²) >= 11 is 0. The first kappa shape index (κ1) is 19.0. The van der Waals surface area contributed by atoms with Gasteiger partial charge in [0, 0.05) is 0 Å². The molecular weight excluding hydrogens is 329 g/mol. The molecule has 0 unspecified atom stereocenters. The molecule has 2 aromatic carbocycles. The van der Waals surface area contributed by atoms with Crippen LogP contribution in [0.15, 0.2) is 42.5 Å². The maximum absolute atomic E-state index is 12.9. The molecule has 0 aliphatic heterocycles. The Morgan fingerprint density at radius 3 is 2.36 bits per heavy atom. The van der Waals surface area contributed by atoms with E-state index in [9.17, 15) is 26.5 Å². The third-order valence-electron chi connectivity index (χ3n) is 2.75. The van der Waals surface area contributed by atoms with Crippen LogP contribution in [0.3, 0.4) is 0 Å². The molecule has 0 atom stereocenters. The summed E-state index contributed by atoms with van der Waals surface area (Å²) in [5.41, 5.74) is 0.00666. The topological polar surface area (TPSA) is 83.5 Å². The average molecular weight is 338 g/mol. The van der Waals surface area contributed by atoms with Crippen LogP contribution >= 0.6 is 0 Å². The molecule has 5 nitrogen and oxygen atoms in total. The van der Waals surface area contributed by atoms with Gasteiger partial charge in [-0.05, 0) is 16.8 Å². The zero-order valence-electron chi connectivity index (χ0n) is 11.5. The van der Waals surface area contributed by atoms with Crippen LogP contribution in [0, 0.1) is 0 Å². The Balaban J connectivity index is 0.00000242. The van der Waals surface area contributed by atoms with Crippen LogP contribution in [0.2, 0.25) is 0 Å². The van der Waals surface area contributed by atoms with Crippen LogP contribution in [-0.2, 0) is 14.9 Å². The molecule has 0 aliphatic rings. The molecule has 2 rings (SSSR count). The standard InChI is InChI=1S/C13H10F2O5S.Na/c14-13(15,21(17,18)19)8-20-12(16)11-7-3-5-9-4-1-2-6-10(9)11;/h1-7H,8H2,(H,17,18,19);/q;+1/p-1. The predicted octanol–water partition coefficient (Wildman–Crippen LogP) is -0.861. The van der Waals surface area contributed by atoms with Crippen molar-refractivity contribution < 1.29 is 60.8 Å². The number of hydrogen-bond acceptors (Lipinski definition) is 5. The molecule has 0 aromatic heterocycles. The normalized spacial score (nSPS) is 11.8. The summed E-state index contributed by atoms with van der Waals surface area (Å²) in [6.45, 7) is -1.82. The van der Waals surface area contributed by atoms with Crippen LogP contribution < -0.4 is 29.6 Å². The Morgan fingerprint density at radius 1 is 1.14 bits per heavy atom. The van der Waals surface area contributed by atoms with Crippen molar-refractivity contribution in [2.75, 3.05) is 6.61 Å². The Labute approximate surface area is 147 Å². The fourth-order valence-corrected chi connectivity index (χ4v) is 1.91. The van der Waals surface area contributed by atoms with Crippen molar-refractivity contribution in [3.8, 4) is 0 Å². The van der Waals surface area contributed by atoms with Gasteiger partial charge >= 0.3 is 40.8 Å². The molecule has 0 aliphatic carbocycles. The summed E-state index contributed by atoms with van der Waals surface area (Å²) < 4.78 is 61.1. The molecule has 0 spiro atoms. The largest absolute Gasteiger partial charge is 1.00 e. The summed E-state index contributed by atoms with van der Waals surface area (Å²) in [4.78, 5) is 11.8. The number of alkyl halides is 2. The van der Waals surface area contributed by atoms with E-state index in [0.717, 1.165) is 0 Å². The molecule has 112 valence electrons. The van der Waals surface area contributed by atoms with Crippen molar-refractivity contribution >= 4 is 26.9 Å². The van der Waals surface area contributed by atoms with Crippen molar-refractivity contribution in [1.29, 1.82) is 0 Å². The second kappa shape index (κ2) is 7.01. The minimum atomic E-state index is -5.88. The van der Waals surface area contributed by atoms with Gasteiger partial charge in [0.25, 0.3) is 0 Å². The monoisotopic (exact) mass is 338 g/mol. The molecular formula is C13H9F2NaO5S. The van der Waals surface area contributed by atoms with Crippen LogP contribution in [0.4, 0.5) is 8.78 Å². The van der Waals surface area contributed by atoms with E-state index in [-0.39, 0.29) is 35.1 Å². The van der Waals surface area contributed by atoms with Gasteiger partial charge in [-0.25, -0.2) is 13.2 Å². The Hall–Kier alpha value is -1.06. The smallest absolute Gasteiger partial charge is 0.743 e. The molecule has 2 aromatic rings. The van der Waals surface area contributed by atoms with E-state index in [0.29, 0.717) is 10.8 Å². The van der Waals surface area contributed by atoms with E-state index in [1.807, 2.05) is 0 Å². The Kier molecular flexibility index (Phi) is 6.05. The molecule has 0 saturated carbocycles. The van der Waals surface area contributed by atoms with E-state index in [1.165, 1.54) is 12.1 Å². The summed E-state index contributed by atoms with van der Waals surface area (Å²) in [5.74, 6) is -1.13. The number of rotatable bonds is 4. The van der Waals surface area contributed by atoms with E-state index in [2.05, 4.69) is 4.74 Å². The third-order valence-corrected chi connectivity index (χ3v) is 3.60. The summed E-state index contributed by atoms with van der Waals surface area (Å²) in [7, 11) is -5.88. The van der Waals surface area contributed by atoms with E-state index in [1.54, 1.807) is 30.3 Å². The van der Waals surface area contributed by atoms with Crippen molar-refractivity contribution in [3.05, 3.63) is 48.0 Å². The minimum Gasteiger partial charge on any atom is -0.743 e. The van der Waals surface area contributed by atoms with Crippen LogP contribution in [-0.4, -0.2) is 30.8 Å². The number of benzene rings is 2. The first-order valence-electron chi connectivity index (χ1n) is 5.70. The zero-order valence-corrected chi connectivity index (χ0v) is 14.3. The number of halogens is 2. The SMILES string of the molecule is O=C(OCC(F)(F)S(=O)(=O)[O-])c1cccc2ccccc12.[Na+]. The van der Waals surface area contributed by atoms with Gasteiger partial charge in [0.2, 0.25) is 0 Å². The maximum atomic E-state index is 12.9. The number of fused-ring (bicyclic) bond motifs is 1. The van der Waals surface area contributed by atoms with Gasteiger partial charge in [-0.15, -0.1) is 0 Å². The third kappa shape index (κ3) is 4.02. The van der Waals surface area contributed by atoms with Gasteiger partial charge in [-0.2, -0.15) is 8.78 Å². The average Bonchev–Trinajstić information content (AvgIpc) is 2.43. The number of esters is 1. The predicted molar refractivity (Wildman–Crippen MR) is 68.9 cm³/mol. The second-order valence-corrected chi connectivity index (χ2v) is 5.70. The van der Waals surface area contributed by atoms with Crippen LogP contribution in [0.1, 0.15) is 10.4 Å². The van der Waals surface area contributed by atoms with Gasteiger partial charge < -0.3 is 9.29 Å². The Bertz CT molecular complexity index is 787. The van der Waals surface area contributed by atoms with E-state index < -0.39 is 27.9 Å². The second-order valence-electron chi connectivity index (χ2n) is 4.19. The summed E-state index contributed by atoms with van der Waals surface area (Å²) in [6, 6.07) is 11.3. The molecule has 0 heterocycles. The van der Waals surface area contributed by atoms with Gasteiger partial charge in [0.05, 0.1) is 5.56 Å². The van der Waals surface area contributed by atoms with Crippen molar-refractivity contribution in [3.63, 3.8) is 0 Å². The number of carbonyl (C=O) groups is 1. The molecule has 0 N–H and O–H groups in total. The van der Waals surface area contributed by atoms with Gasteiger partial charge in [0.1, 0.15) is 0 Å². The first-order chi connectivity index (χ1) is 9.72. The van der Waals surface area contributed by atoms with Gasteiger partial charge in [0.15, 0.2) is 16.7 Å². The molecule has 0 saturated heterocycles. The Morgan fingerprint density at radius 2 is 1.73 bits per heavy atom. The summed E-state index contributed by atoms with van der Waals surface area (Å²) in [5, 5.41) is -3.50. The van der Waals surface area contributed by atoms with Crippen molar-refractivity contribution in [2.24, 2.45) is 0 Å². The molecule has 22 heavy (non-hydrogen) atoms. The van der Waals surface area contributed by atoms with Gasteiger partial charge in [-0.1, -0.05) is 36.4 Å². The first-order valence-corrected chi connectivity index (χ1v) is 7.11. The quantitative estimate of drug-likeness (QED) is 0.411. The molecule has 0 amide bonds. The number of hydrogen-bond donors (Lipinski definition) is 0. The van der Waals surface area contributed by atoms with E-state index >= 15 is 0 Å². The number of carbonyl (C=O) groups excluding carboxylic acids is 1. The van der Waals surface area contributed by atoms with E-state index in [4.69, 9.17) is 0 Å². The minimum absolute atomic E-state index is 0.